The topological polar surface area (TPSA) is 66.5 Å². The molecular weight excluding hydrogens is 384 g/mol. The van der Waals surface area contributed by atoms with Gasteiger partial charge in [-0.2, -0.15) is 4.31 Å². The van der Waals surface area contributed by atoms with Crippen molar-refractivity contribution in [2.24, 2.45) is 0 Å². The van der Waals surface area contributed by atoms with Gasteiger partial charge in [0.2, 0.25) is 15.9 Å². The molecule has 29 heavy (non-hydrogen) atoms. The van der Waals surface area contributed by atoms with E-state index in [1.165, 1.54) is 12.6 Å². The molecule has 0 aliphatic rings. The van der Waals surface area contributed by atoms with Gasteiger partial charge in [-0.25, -0.2) is 8.42 Å². The molecule has 0 spiro atoms. The van der Waals surface area contributed by atoms with E-state index < -0.39 is 10.0 Å². The van der Waals surface area contributed by atoms with Crippen molar-refractivity contribution in [2.75, 3.05) is 13.6 Å². The molecule has 0 unspecified atom stereocenters. The van der Waals surface area contributed by atoms with Crippen LogP contribution in [0.4, 0.5) is 0 Å². The van der Waals surface area contributed by atoms with Crippen molar-refractivity contribution in [1.82, 2.24) is 9.62 Å². The lowest BCUT2D eigenvalue weighted by Gasteiger charge is -2.19. The first kappa shape index (κ1) is 21.0. The molecule has 3 aromatic rings. The number of nitrogens with one attached hydrogen (secondary N) is 1. The fourth-order valence-corrected chi connectivity index (χ4v) is 4.38. The number of hydrogen-bond donors (Lipinski definition) is 1. The van der Waals surface area contributed by atoms with E-state index in [1.807, 2.05) is 49.4 Å². The minimum absolute atomic E-state index is 0.0421. The first-order valence-electron chi connectivity index (χ1n) is 9.65. The maximum Gasteiger partial charge on any atom is 0.243 e. The lowest BCUT2D eigenvalue weighted by atomic mass is 10.1. The van der Waals surface area contributed by atoms with Gasteiger partial charge in [0.25, 0.3) is 0 Å². The van der Waals surface area contributed by atoms with E-state index in [4.69, 9.17) is 0 Å². The molecule has 0 aliphatic carbocycles. The molecule has 0 saturated carbocycles. The van der Waals surface area contributed by atoms with E-state index >= 15 is 0 Å². The van der Waals surface area contributed by atoms with Crippen molar-refractivity contribution in [3.63, 3.8) is 0 Å². The van der Waals surface area contributed by atoms with Crippen molar-refractivity contribution < 1.29 is 13.2 Å². The third-order valence-corrected chi connectivity index (χ3v) is 6.71. The second-order valence-corrected chi connectivity index (χ2v) is 9.31. The zero-order chi connectivity index (χ0) is 20.9. The number of carbonyl (C=O) groups is 1. The number of rotatable bonds is 8. The molecule has 0 saturated heterocycles. The van der Waals surface area contributed by atoms with E-state index in [-0.39, 0.29) is 23.4 Å². The molecule has 1 amide bonds. The maximum absolute atomic E-state index is 12.9. The second kappa shape index (κ2) is 9.20. The van der Waals surface area contributed by atoms with Gasteiger partial charge in [0.15, 0.2) is 0 Å². The molecule has 152 valence electrons. The number of aryl methyl sites for hydroxylation is 1. The molecule has 0 radical (unpaired) electrons. The number of benzene rings is 3. The van der Waals surface area contributed by atoms with Gasteiger partial charge in [0, 0.05) is 13.1 Å². The van der Waals surface area contributed by atoms with Crippen LogP contribution in [0.15, 0.2) is 77.7 Å². The van der Waals surface area contributed by atoms with Gasteiger partial charge < -0.3 is 5.32 Å². The van der Waals surface area contributed by atoms with Crippen LogP contribution in [0.2, 0.25) is 0 Å². The van der Waals surface area contributed by atoms with Gasteiger partial charge in [0.1, 0.15) is 0 Å². The van der Waals surface area contributed by atoms with Crippen molar-refractivity contribution in [3.8, 4) is 0 Å². The van der Waals surface area contributed by atoms with Crippen LogP contribution >= 0.6 is 0 Å². The zero-order valence-corrected chi connectivity index (χ0v) is 17.5. The summed E-state index contributed by atoms with van der Waals surface area (Å²) in [7, 11) is -2.31. The Kier molecular flexibility index (Phi) is 6.67. The molecule has 0 bridgehead atoms. The number of nitrogens with zero attached hydrogens (tertiary/aromatic N) is 1. The average molecular weight is 411 g/mol. The maximum atomic E-state index is 12.9. The molecule has 6 heteroatoms. The SMILES string of the molecule is C[C@H](CCc1ccccc1)NC(=O)CN(C)S(=O)(=O)c1ccc2ccccc2c1. The van der Waals surface area contributed by atoms with Gasteiger partial charge in [-0.1, -0.05) is 60.7 Å². The van der Waals surface area contributed by atoms with E-state index in [0.717, 1.165) is 27.9 Å². The van der Waals surface area contributed by atoms with Crippen molar-refractivity contribution in [1.29, 1.82) is 0 Å². The number of carbonyl (C=O) groups excluding carboxylic acids is 1. The van der Waals surface area contributed by atoms with Crippen LogP contribution in [0.25, 0.3) is 10.8 Å². The summed E-state index contributed by atoms with van der Waals surface area (Å²) in [6.45, 7) is 1.71. The highest BCUT2D eigenvalue weighted by Crippen LogP contribution is 2.21. The molecule has 0 aliphatic heterocycles. The molecule has 1 atom stereocenters. The third kappa shape index (κ3) is 5.43. The highest BCUT2D eigenvalue weighted by atomic mass is 32.2. The van der Waals surface area contributed by atoms with Crippen LogP contribution in [0.3, 0.4) is 0 Å². The molecule has 0 aromatic heterocycles. The summed E-state index contributed by atoms with van der Waals surface area (Å²) in [5, 5.41) is 4.71. The summed E-state index contributed by atoms with van der Waals surface area (Å²) >= 11 is 0. The molecular formula is C23H26N2O3S. The van der Waals surface area contributed by atoms with Crippen LogP contribution in [-0.2, 0) is 21.2 Å². The van der Waals surface area contributed by atoms with Crippen LogP contribution in [0.1, 0.15) is 18.9 Å². The number of likely N-dealkylation sites (N-methyl/N-ethyl adjacent to an activating group) is 1. The van der Waals surface area contributed by atoms with E-state index in [9.17, 15) is 13.2 Å². The van der Waals surface area contributed by atoms with Crippen LogP contribution in [0, 0.1) is 0 Å². The van der Waals surface area contributed by atoms with Crippen molar-refractivity contribution >= 4 is 26.7 Å². The Labute approximate surface area is 172 Å². The van der Waals surface area contributed by atoms with Crippen LogP contribution in [0.5, 0.6) is 0 Å². The standard InChI is InChI=1S/C23H26N2O3S/c1-18(12-13-19-8-4-3-5-9-19)24-23(26)17-25(2)29(27,28)22-15-14-20-10-6-7-11-21(20)16-22/h3-11,14-16,18H,12-13,17H2,1-2H3,(H,24,26)/t18-/m1/s1. The summed E-state index contributed by atoms with van der Waals surface area (Å²) < 4.78 is 26.8. The largest absolute Gasteiger partial charge is 0.352 e. The third-order valence-electron chi connectivity index (χ3n) is 4.91. The Morgan fingerprint density at radius 3 is 2.34 bits per heavy atom. The van der Waals surface area contributed by atoms with Crippen molar-refractivity contribution in [2.45, 2.75) is 30.7 Å². The minimum Gasteiger partial charge on any atom is -0.352 e. The molecule has 0 fully saturated rings. The number of fused-ring (bicyclic) bond motifs is 1. The predicted octanol–water partition coefficient (Wildman–Crippen LogP) is 3.60. The highest BCUT2D eigenvalue weighted by molar-refractivity contribution is 7.89. The number of hydrogen-bond acceptors (Lipinski definition) is 3. The van der Waals surface area contributed by atoms with Crippen LogP contribution in [-0.4, -0.2) is 38.3 Å². The molecule has 5 nitrogen and oxygen atoms in total. The first-order valence-corrected chi connectivity index (χ1v) is 11.1. The Balaban J connectivity index is 1.58. The molecule has 3 aromatic carbocycles. The summed E-state index contributed by atoms with van der Waals surface area (Å²) in [6, 6.07) is 22.6. The van der Waals surface area contributed by atoms with Gasteiger partial charge in [-0.05, 0) is 48.2 Å². The van der Waals surface area contributed by atoms with Gasteiger partial charge in [-0.3, -0.25) is 4.79 Å². The predicted molar refractivity (Wildman–Crippen MR) is 116 cm³/mol. The summed E-state index contributed by atoms with van der Waals surface area (Å²) in [5.74, 6) is -0.308. The quantitative estimate of drug-likeness (QED) is 0.617. The first-order chi connectivity index (χ1) is 13.9. The minimum atomic E-state index is -3.74. The van der Waals surface area contributed by atoms with Gasteiger partial charge in [-0.15, -0.1) is 0 Å². The highest BCUT2D eigenvalue weighted by Gasteiger charge is 2.23. The Morgan fingerprint density at radius 2 is 1.62 bits per heavy atom. The Bertz CT molecular complexity index is 1080. The van der Waals surface area contributed by atoms with E-state index in [0.29, 0.717) is 0 Å². The Hall–Kier alpha value is -2.70. The van der Waals surface area contributed by atoms with E-state index in [1.54, 1.807) is 18.2 Å². The smallest absolute Gasteiger partial charge is 0.243 e. The lowest BCUT2D eigenvalue weighted by Crippen LogP contribution is -2.41. The molecule has 0 heterocycles. The summed E-state index contributed by atoms with van der Waals surface area (Å²) in [6.07, 6.45) is 1.64. The molecule has 1 N–H and O–H groups in total. The van der Waals surface area contributed by atoms with Gasteiger partial charge in [0.05, 0.1) is 11.4 Å². The second-order valence-electron chi connectivity index (χ2n) is 7.26. The normalized spacial score (nSPS) is 12.8. The van der Waals surface area contributed by atoms with E-state index in [2.05, 4.69) is 17.4 Å². The number of sulfonamides is 1. The number of amides is 1. The summed E-state index contributed by atoms with van der Waals surface area (Å²) in [4.78, 5) is 12.5. The average Bonchev–Trinajstić information content (AvgIpc) is 2.72. The van der Waals surface area contributed by atoms with Crippen molar-refractivity contribution in [3.05, 3.63) is 78.4 Å². The molecule has 3 rings (SSSR count). The summed E-state index contributed by atoms with van der Waals surface area (Å²) in [5.41, 5.74) is 1.21. The lowest BCUT2D eigenvalue weighted by molar-refractivity contribution is -0.121. The zero-order valence-electron chi connectivity index (χ0n) is 16.7. The Morgan fingerprint density at radius 1 is 0.966 bits per heavy atom. The monoisotopic (exact) mass is 410 g/mol. The van der Waals surface area contributed by atoms with Crippen LogP contribution < -0.4 is 5.32 Å². The fourth-order valence-electron chi connectivity index (χ4n) is 3.22. The fraction of sp³-hybridized carbons (Fsp3) is 0.261. The van der Waals surface area contributed by atoms with Gasteiger partial charge >= 0.3 is 0 Å².